The van der Waals surface area contributed by atoms with Crippen molar-refractivity contribution in [2.75, 3.05) is 4.90 Å². The Morgan fingerprint density at radius 3 is 1.79 bits per heavy atom. The standard InChI is InChI=1S/C24H19N3.2BrH/c25-18-20-6-8-24(9-7-20)27-16-12-23(13-17-27)22-10-14-26(15-11-22)19-21-4-2-1-3-5-21;;/h1-17H,19H2;2*1H. The van der Waals surface area contributed by atoms with Crippen LogP contribution in [0, 0.1) is 11.3 Å². The van der Waals surface area contributed by atoms with Gasteiger partial charge in [-0.1, -0.05) is 30.3 Å². The summed E-state index contributed by atoms with van der Waals surface area (Å²) in [4.78, 5) is 4.22. The molecule has 3 nitrogen and oxygen atoms in total. The van der Waals surface area contributed by atoms with Gasteiger partial charge < -0.3 is 9.80 Å². The topological polar surface area (TPSA) is 30.3 Å². The number of nitriles is 1. The minimum Gasteiger partial charge on any atom is -0.350 e. The fraction of sp³-hybridized carbons (Fsp3) is 0.0417. The van der Waals surface area contributed by atoms with E-state index in [1.807, 2.05) is 47.6 Å². The van der Waals surface area contributed by atoms with Gasteiger partial charge in [0.2, 0.25) is 0 Å². The first-order chi connectivity index (χ1) is 13.3. The zero-order chi connectivity index (χ0) is 18.5. The van der Waals surface area contributed by atoms with Crippen molar-refractivity contribution in [3.05, 3.63) is 126 Å². The average molecular weight is 511 g/mol. The smallest absolute Gasteiger partial charge is 0.0991 e. The second-order valence-electron chi connectivity index (χ2n) is 6.40. The lowest BCUT2D eigenvalue weighted by Gasteiger charge is -2.22. The van der Waals surface area contributed by atoms with Crippen molar-refractivity contribution in [2.24, 2.45) is 0 Å². The molecule has 0 unspecified atom stereocenters. The molecule has 0 saturated heterocycles. The number of anilines is 1. The molecule has 0 aliphatic carbocycles. The molecule has 2 aromatic carbocycles. The first-order valence-corrected chi connectivity index (χ1v) is 8.87. The molecule has 146 valence electrons. The Hall–Kier alpha value is -2.81. The maximum Gasteiger partial charge on any atom is 0.0991 e. The van der Waals surface area contributed by atoms with E-state index in [4.69, 9.17) is 5.26 Å². The second kappa shape index (κ2) is 10.7. The van der Waals surface area contributed by atoms with Crippen LogP contribution in [-0.4, -0.2) is 4.90 Å². The zero-order valence-corrected chi connectivity index (χ0v) is 19.1. The van der Waals surface area contributed by atoms with Crippen LogP contribution < -0.4 is 4.90 Å². The number of nitrogens with zero attached hydrogens (tertiary/aromatic N) is 3. The van der Waals surface area contributed by atoms with Crippen LogP contribution in [-0.2, 0) is 6.54 Å². The van der Waals surface area contributed by atoms with E-state index in [-0.39, 0.29) is 34.0 Å². The monoisotopic (exact) mass is 509 g/mol. The molecule has 5 heteroatoms. The maximum atomic E-state index is 8.91. The molecular formula is C24H21Br2N3. The minimum absolute atomic E-state index is 0. The van der Waals surface area contributed by atoms with E-state index in [0.717, 1.165) is 12.2 Å². The van der Waals surface area contributed by atoms with Gasteiger partial charge in [-0.3, -0.25) is 0 Å². The van der Waals surface area contributed by atoms with E-state index in [1.54, 1.807) is 0 Å². The molecule has 2 heterocycles. The summed E-state index contributed by atoms with van der Waals surface area (Å²) in [7, 11) is 0. The van der Waals surface area contributed by atoms with Crippen LogP contribution in [0.25, 0.3) is 0 Å². The maximum absolute atomic E-state index is 8.91. The van der Waals surface area contributed by atoms with E-state index in [2.05, 4.69) is 71.9 Å². The number of benzene rings is 2. The summed E-state index contributed by atoms with van der Waals surface area (Å²) in [6.45, 7) is 0.870. The molecule has 2 aromatic rings. The first kappa shape index (κ1) is 22.5. The molecule has 0 aromatic heterocycles. The molecule has 0 amide bonds. The lowest BCUT2D eigenvalue weighted by atomic mass is 10.0. The second-order valence-corrected chi connectivity index (χ2v) is 6.40. The quantitative estimate of drug-likeness (QED) is 0.478. The molecule has 0 fully saturated rings. The highest BCUT2D eigenvalue weighted by molar-refractivity contribution is 8.93. The Kier molecular flexibility index (Phi) is 8.26. The Labute approximate surface area is 192 Å². The molecule has 4 rings (SSSR count). The average Bonchev–Trinajstić information content (AvgIpc) is 2.75. The fourth-order valence-electron chi connectivity index (χ4n) is 3.05. The summed E-state index contributed by atoms with van der Waals surface area (Å²) in [6.07, 6.45) is 16.8. The third-order valence-electron chi connectivity index (χ3n) is 4.56. The van der Waals surface area contributed by atoms with Crippen LogP contribution in [0.3, 0.4) is 0 Å². The van der Waals surface area contributed by atoms with Gasteiger partial charge >= 0.3 is 0 Å². The number of hydrogen-bond acceptors (Lipinski definition) is 3. The molecule has 2 aliphatic rings. The molecule has 2 aliphatic heterocycles. The van der Waals surface area contributed by atoms with Gasteiger partial charge in [0.25, 0.3) is 0 Å². The van der Waals surface area contributed by atoms with E-state index >= 15 is 0 Å². The predicted octanol–water partition coefficient (Wildman–Crippen LogP) is 6.40. The molecule has 0 atom stereocenters. The lowest BCUT2D eigenvalue weighted by molar-refractivity contribution is 0.497. The fourth-order valence-corrected chi connectivity index (χ4v) is 3.05. The van der Waals surface area contributed by atoms with Crippen molar-refractivity contribution in [3.63, 3.8) is 0 Å². The third kappa shape index (κ3) is 5.60. The summed E-state index contributed by atoms with van der Waals surface area (Å²) >= 11 is 0. The van der Waals surface area contributed by atoms with Crippen LogP contribution in [0.5, 0.6) is 0 Å². The van der Waals surface area contributed by atoms with Crippen LogP contribution in [0.4, 0.5) is 5.69 Å². The van der Waals surface area contributed by atoms with Crippen LogP contribution in [0.15, 0.2) is 115 Å². The largest absolute Gasteiger partial charge is 0.350 e. The van der Waals surface area contributed by atoms with Crippen molar-refractivity contribution in [1.29, 1.82) is 5.26 Å². The van der Waals surface area contributed by atoms with Gasteiger partial charge in [-0.05, 0) is 65.3 Å². The Balaban J connectivity index is 0.00000150. The van der Waals surface area contributed by atoms with Crippen LogP contribution in [0.1, 0.15) is 11.1 Å². The summed E-state index contributed by atoms with van der Waals surface area (Å²) in [5, 5.41) is 8.91. The minimum atomic E-state index is 0. The van der Waals surface area contributed by atoms with Crippen LogP contribution >= 0.6 is 34.0 Å². The normalized spacial score (nSPS) is 14.3. The van der Waals surface area contributed by atoms with Gasteiger partial charge in [0.15, 0.2) is 0 Å². The number of hydrogen-bond donors (Lipinski definition) is 0. The summed E-state index contributed by atoms with van der Waals surface area (Å²) in [5.74, 6) is 0. The summed E-state index contributed by atoms with van der Waals surface area (Å²) < 4.78 is 0. The molecule has 29 heavy (non-hydrogen) atoms. The summed E-state index contributed by atoms with van der Waals surface area (Å²) in [5.41, 5.74) is 5.36. The predicted molar refractivity (Wildman–Crippen MR) is 130 cm³/mol. The van der Waals surface area contributed by atoms with Gasteiger partial charge in [-0.2, -0.15) is 5.26 Å². The van der Waals surface area contributed by atoms with Gasteiger partial charge in [0.05, 0.1) is 11.6 Å². The highest BCUT2D eigenvalue weighted by Gasteiger charge is 2.08. The highest BCUT2D eigenvalue weighted by atomic mass is 79.9. The van der Waals surface area contributed by atoms with Gasteiger partial charge in [-0.15, -0.1) is 34.0 Å². The van der Waals surface area contributed by atoms with Crippen molar-refractivity contribution in [1.82, 2.24) is 4.90 Å². The van der Waals surface area contributed by atoms with Crippen molar-refractivity contribution in [2.45, 2.75) is 6.54 Å². The SMILES string of the molecule is Br.Br.N#Cc1ccc(N2C=CC(=C3C=CN(Cc4ccccc4)C=C3)C=C2)cc1. The van der Waals surface area contributed by atoms with Gasteiger partial charge in [-0.25, -0.2) is 0 Å². The zero-order valence-electron chi connectivity index (χ0n) is 15.7. The lowest BCUT2D eigenvalue weighted by Crippen LogP contribution is -2.12. The van der Waals surface area contributed by atoms with Crippen LogP contribution in [0.2, 0.25) is 0 Å². The Morgan fingerprint density at radius 2 is 1.24 bits per heavy atom. The molecular weight excluding hydrogens is 490 g/mol. The van der Waals surface area contributed by atoms with Crippen molar-refractivity contribution >= 4 is 39.7 Å². The van der Waals surface area contributed by atoms with Gasteiger partial charge in [0, 0.05) is 37.0 Å². The highest BCUT2D eigenvalue weighted by Crippen LogP contribution is 2.24. The first-order valence-electron chi connectivity index (χ1n) is 8.87. The van der Waals surface area contributed by atoms with Gasteiger partial charge in [0.1, 0.15) is 0 Å². The number of allylic oxidation sites excluding steroid dienone is 6. The van der Waals surface area contributed by atoms with E-state index in [9.17, 15) is 0 Å². The Morgan fingerprint density at radius 1 is 0.690 bits per heavy atom. The molecule has 0 N–H and O–H groups in total. The molecule has 0 spiro atoms. The summed E-state index contributed by atoms with van der Waals surface area (Å²) in [6, 6.07) is 20.2. The molecule has 0 bridgehead atoms. The molecule has 0 saturated carbocycles. The van der Waals surface area contributed by atoms with Crippen molar-refractivity contribution in [3.8, 4) is 6.07 Å². The van der Waals surface area contributed by atoms with E-state index < -0.39 is 0 Å². The van der Waals surface area contributed by atoms with E-state index in [0.29, 0.717) is 5.56 Å². The Bertz CT molecular complexity index is 978. The van der Waals surface area contributed by atoms with E-state index in [1.165, 1.54) is 16.7 Å². The molecule has 0 radical (unpaired) electrons. The van der Waals surface area contributed by atoms with Crippen molar-refractivity contribution < 1.29 is 0 Å². The third-order valence-corrected chi connectivity index (χ3v) is 4.56. The number of rotatable bonds is 3. The number of halogens is 2.